The monoisotopic (exact) mass is 222 g/mol. The molecule has 0 radical (unpaired) electrons. The molecule has 0 fully saturated rings. The number of nitrogens with zero attached hydrogens (tertiary/aromatic N) is 1. The van der Waals surface area contributed by atoms with Crippen molar-refractivity contribution in [2.45, 2.75) is 13.2 Å². The van der Waals surface area contributed by atoms with Gasteiger partial charge in [0.25, 0.3) is 0 Å². The smallest absolute Gasteiger partial charge is 0.0717 e. The van der Waals surface area contributed by atoms with E-state index in [-0.39, 0.29) is 0 Å². The highest BCUT2D eigenvalue weighted by Crippen LogP contribution is 2.05. The third-order valence-corrected chi connectivity index (χ3v) is 2.36. The van der Waals surface area contributed by atoms with Crippen molar-refractivity contribution < 1.29 is 4.74 Å². The van der Waals surface area contributed by atoms with E-state index >= 15 is 0 Å². The SMILES string of the molecule is CNCc1ccc(COCCN(C)C)cc1. The molecule has 0 spiro atoms. The number of benzene rings is 1. The van der Waals surface area contributed by atoms with Crippen LogP contribution in [0.3, 0.4) is 0 Å². The highest BCUT2D eigenvalue weighted by molar-refractivity contribution is 5.21. The van der Waals surface area contributed by atoms with Crippen LogP contribution in [-0.4, -0.2) is 39.2 Å². The lowest BCUT2D eigenvalue weighted by Crippen LogP contribution is -2.17. The second-order valence-electron chi connectivity index (χ2n) is 4.20. The average molecular weight is 222 g/mol. The van der Waals surface area contributed by atoms with Crippen molar-refractivity contribution >= 4 is 0 Å². The van der Waals surface area contributed by atoms with E-state index in [2.05, 4.69) is 48.6 Å². The minimum Gasteiger partial charge on any atom is -0.375 e. The minimum absolute atomic E-state index is 0.702. The van der Waals surface area contributed by atoms with Gasteiger partial charge in [0.1, 0.15) is 0 Å². The van der Waals surface area contributed by atoms with Gasteiger partial charge in [-0.15, -0.1) is 0 Å². The van der Waals surface area contributed by atoms with Crippen LogP contribution in [0.25, 0.3) is 0 Å². The lowest BCUT2D eigenvalue weighted by molar-refractivity contribution is 0.105. The number of hydrogen-bond acceptors (Lipinski definition) is 3. The molecule has 1 aromatic rings. The summed E-state index contributed by atoms with van der Waals surface area (Å²) >= 11 is 0. The Morgan fingerprint density at radius 1 is 1.12 bits per heavy atom. The van der Waals surface area contributed by atoms with Crippen LogP contribution in [0.2, 0.25) is 0 Å². The van der Waals surface area contributed by atoms with Crippen molar-refractivity contribution in [1.82, 2.24) is 10.2 Å². The van der Waals surface area contributed by atoms with Crippen molar-refractivity contribution in [3.8, 4) is 0 Å². The Hall–Kier alpha value is -0.900. The molecular weight excluding hydrogens is 200 g/mol. The van der Waals surface area contributed by atoms with Gasteiger partial charge in [0.05, 0.1) is 13.2 Å². The van der Waals surface area contributed by atoms with Gasteiger partial charge in [0, 0.05) is 13.1 Å². The molecule has 1 rings (SSSR count). The summed E-state index contributed by atoms with van der Waals surface area (Å²) in [7, 11) is 6.06. The third kappa shape index (κ3) is 5.26. The Labute approximate surface area is 98.4 Å². The second-order valence-corrected chi connectivity index (χ2v) is 4.20. The number of nitrogens with one attached hydrogen (secondary N) is 1. The average Bonchev–Trinajstić information content (AvgIpc) is 2.27. The van der Waals surface area contributed by atoms with Gasteiger partial charge < -0.3 is 15.0 Å². The molecule has 0 aliphatic heterocycles. The van der Waals surface area contributed by atoms with Crippen LogP contribution in [-0.2, 0) is 17.9 Å². The van der Waals surface area contributed by atoms with Crippen LogP contribution in [0, 0.1) is 0 Å². The number of rotatable bonds is 7. The summed E-state index contributed by atoms with van der Waals surface area (Å²) in [5.74, 6) is 0. The van der Waals surface area contributed by atoms with E-state index in [1.807, 2.05) is 7.05 Å². The fourth-order valence-corrected chi connectivity index (χ4v) is 1.39. The molecule has 3 heteroatoms. The first kappa shape index (κ1) is 13.2. The van der Waals surface area contributed by atoms with Crippen LogP contribution in [0.4, 0.5) is 0 Å². The molecule has 0 saturated carbocycles. The Balaban J connectivity index is 2.26. The van der Waals surface area contributed by atoms with Crippen LogP contribution >= 0.6 is 0 Å². The second kappa shape index (κ2) is 7.39. The molecule has 0 aliphatic rings. The molecule has 0 heterocycles. The van der Waals surface area contributed by atoms with Crippen LogP contribution in [0.1, 0.15) is 11.1 Å². The fraction of sp³-hybridized carbons (Fsp3) is 0.538. The topological polar surface area (TPSA) is 24.5 Å². The summed E-state index contributed by atoms with van der Waals surface area (Å²) in [5.41, 5.74) is 2.54. The molecular formula is C13H22N2O. The molecule has 0 aromatic heterocycles. The van der Waals surface area contributed by atoms with Gasteiger partial charge in [0.2, 0.25) is 0 Å². The molecule has 1 aromatic carbocycles. The van der Waals surface area contributed by atoms with Crippen molar-refractivity contribution in [3.63, 3.8) is 0 Å². The molecule has 0 aliphatic carbocycles. The van der Waals surface area contributed by atoms with Crippen LogP contribution < -0.4 is 5.32 Å². The van der Waals surface area contributed by atoms with E-state index in [4.69, 9.17) is 4.74 Å². The first-order chi connectivity index (χ1) is 7.72. The molecule has 16 heavy (non-hydrogen) atoms. The summed E-state index contributed by atoms with van der Waals surface area (Å²) in [4.78, 5) is 2.12. The third-order valence-electron chi connectivity index (χ3n) is 2.36. The largest absolute Gasteiger partial charge is 0.375 e. The molecule has 90 valence electrons. The van der Waals surface area contributed by atoms with Crippen molar-refractivity contribution in [1.29, 1.82) is 0 Å². The van der Waals surface area contributed by atoms with Gasteiger partial charge in [0.15, 0.2) is 0 Å². The van der Waals surface area contributed by atoms with Crippen molar-refractivity contribution in [2.75, 3.05) is 34.3 Å². The van der Waals surface area contributed by atoms with E-state index in [1.54, 1.807) is 0 Å². The summed E-state index contributed by atoms with van der Waals surface area (Å²) in [5, 5.41) is 3.13. The van der Waals surface area contributed by atoms with Gasteiger partial charge in [-0.05, 0) is 32.3 Å². The Morgan fingerprint density at radius 3 is 2.31 bits per heavy atom. The molecule has 3 nitrogen and oxygen atoms in total. The molecule has 0 atom stereocenters. The first-order valence-corrected chi connectivity index (χ1v) is 5.67. The Bertz CT molecular complexity index is 282. The zero-order valence-electron chi connectivity index (χ0n) is 10.5. The quantitative estimate of drug-likeness (QED) is 0.707. The predicted octanol–water partition coefficient (Wildman–Crippen LogP) is 1.48. The molecule has 0 unspecified atom stereocenters. The Kier molecular flexibility index (Phi) is 6.08. The number of ether oxygens (including phenoxy) is 1. The van der Waals surface area contributed by atoms with Gasteiger partial charge in [-0.3, -0.25) is 0 Å². The lowest BCUT2D eigenvalue weighted by atomic mass is 10.1. The van der Waals surface area contributed by atoms with Gasteiger partial charge in [-0.25, -0.2) is 0 Å². The maximum absolute atomic E-state index is 5.57. The normalized spacial score (nSPS) is 11.0. The summed E-state index contributed by atoms with van der Waals surface area (Å²) in [6.45, 7) is 3.37. The summed E-state index contributed by atoms with van der Waals surface area (Å²) in [6.07, 6.45) is 0. The predicted molar refractivity (Wildman–Crippen MR) is 67.4 cm³/mol. The lowest BCUT2D eigenvalue weighted by Gasteiger charge is -2.10. The van der Waals surface area contributed by atoms with E-state index < -0.39 is 0 Å². The zero-order valence-corrected chi connectivity index (χ0v) is 10.5. The van der Waals surface area contributed by atoms with E-state index in [9.17, 15) is 0 Å². The maximum Gasteiger partial charge on any atom is 0.0717 e. The standard InChI is InChI=1S/C13H22N2O/c1-14-10-12-4-6-13(7-5-12)11-16-9-8-15(2)3/h4-7,14H,8-11H2,1-3H3. The van der Waals surface area contributed by atoms with Crippen LogP contribution in [0.15, 0.2) is 24.3 Å². The molecule has 0 amide bonds. The van der Waals surface area contributed by atoms with Crippen molar-refractivity contribution in [2.24, 2.45) is 0 Å². The van der Waals surface area contributed by atoms with Gasteiger partial charge in [-0.1, -0.05) is 24.3 Å². The van der Waals surface area contributed by atoms with Gasteiger partial charge in [-0.2, -0.15) is 0 Å². The van der Waals surface area contributed by atoms with E-state index in [0.29, 0.717) is 6.61 Å². The van der Waals surface area contributed by atoms with E-state index in [1.165, 1.54) is 11.1 Å². The van der Waals surface area contributed by atoms with Crippen molar-refractivity contribution in [3.05, 3.63) is 35.4 Å². The molecule has 0 bridgehead atoms. The summed E-state index contributed by atoms with van der Waals surface area (Å²) < 4.78 is 5.57. The fourth-order valence-electron chi connectivity index (χ4n) is 1.39. The highest BCUT2D eigenvalue weighted by Gasteiger charge is 1.95. The molecule has 1 N–H and O–H groups in total. The minimum atomic E-state index is 0.702. The maximum atomic E-state index is 5.57. The van der Waals surface area contributed by atoms with E-state index in [0.717, 1.165) is 19.7 Å². The Morgan fingerprint density at radius 2 is 1.75 bits per heavy atom. The summed E-state index contributed by atoms with van der Waals surface area (Å²) in [6, 6.07) is 8.53. The highest BCUT2D eigenvalue weighted by atomic mass is 16.5. The van der Waals surface area contributed by atoms with Gasteiger partial charge >= 0.3 is 0 Å². The number of hydrogen-bond donors (Lipinski definition) is 1. The first-order valence-electron chi connectivity index (χ1n) is 5.67. The zero-order chi connectivity index (χ0) is 11.8. The number of likely N-dealkylation sites (N-methyl/N-ethyl adjacent to an activating group) is 1. The van der Waals surface area contributed by atoms with Crippen LogP contribution in [0.5, 0.6) is 0 Å². The molecule has 0 saturated heterocycles.